The molecule has 2 aliphatic rings. The first-order valence-corrected chi connectivity index (χ1v) is 15.9. The summed E-state index contributed by atoms with van der Waals surface area (Å²) < 4.78 is 15.0. The summed E-state index contributed by atoms with van der Waals surface area (Å²) in [5, 5.41) is 5.33. The van der Waals surface area contributed by atoms with Crippen molar-refractivity contribution in [1.29, 1.82) is 0 Å². The van der Waals surface area contributed by atoms with Gasteiger partial charge in [-0.05, 0) is 68.3 Å². The number of ether oxygens (including phenoxy) is 3. The topological polar surface area (TPSA) is 289 Å². The number of nitrogens with two attached hydrogens (primary N) is 4. The number of carbonyl (C=O) groups is 6. The van der Waals surface area contributed by atoms with E-state index in [0.29, 0.717) is 16.9 Å². The molecule has 3 atom stereocenters. The lowest BCUT2D eigenvalue weighted by molar-refractivity contribution is -0.158. The second kappa shape index (κ2) is 20.3. The Morgan fingerprint density at radius 2 is 1.38 bits per heavy atom. The molecule has 2 aromatic rings. The van der Waals surface area contributed by atoms with Gasteiger partial charge < -0.3 is 57.6 Å². The Morgan fingerprint density at radius 3 is 1.89 bits per heavy atom. The largest absolute Gasteiger partial charge is 0.509 e. The van der Waals surface area contributed by atoms with Crippen LogP contribution in [0.25, 0.3) is 0 Å². The quantitative estimate of drug-likeness (QED) is 0.0627. The predicted molar refractivity (Wildman–Crippen MR) is 196 cm³/mol. The number of benzene rings is 2. The van der Waals surface area contributed by atoms with E-state index in [4.69, 9.17) is 37.1 Å². The molecule has 0 aromatic heterocycles. The van der Waals surface area contributed by atoms with Crippen molar-refractivity contribution in [1.82, 2.24) is 20.4 Å². The predicted octanol–water partition coefficient (Wildman–Crippen LogP) is -0.213. The number of halogens is 2. The highest BCUT2D eigenvalue weighted by Gasteiger charge is 2.39. The van der Waals surface area contributed by atoms with Crippen LogP contribution in [-0.2, 0) is 28.6 Å². The first kappa shape index (κ1) is 43.3. The van der Waals surface area contributed by atoms with E-state index in [1.54, 1.807) is 31.2 Å². The Bertz CT molecular complexity index is 1690. The Hall–Kier alpha value is -5.82. The molecule has 0 saturated carbocycles. The monoisotopic (exact) mass is 780 g/mol. The molecule has 2 unspecified atom stereocenters. The SMILES string of the molecule is CC1OC(=O)OC1COC(=O)CN1CCN(C(=O)CNC(=O)c2ccc(N=C(N)N)cc2)[C@@H](CCCNC(=O)c2ccc(N=C(N)N)cc2)C1=O.Cl.Cl. The Labute approximate surface area is 316 Å². The maximum Gasteiger partial charge on any atom is 0.509 e. The van der Waals surface area contributed by atoms with E-state index in [2.05, 4.69) is 20.6 Å². The zero-order chi connectivity index (χ0) is 37.1. The van der Waals surface area contributed by atoms with Crippen LogP contribution in [0, 0.1) is 0 Å². The minimum absolute atomic E-state index is 0. The average molecular weight is 782 g/mol. The van der Waals surface area contributed by atoms with Crippen LogP contribution in [0.15, 0.2) is 58.5 Å². The number of aliphatic imine (C=N–C) groups is 2. The van der Waals surface area contributed by atoms with E-state index in [0.717, 1.165) is 0 Å². The van der Waals surface area contributed by atoms with E-state index < -0.39 is 61.2 Å². The minimum Gasteiger partial charge on any atom is -0.460 e. The third-order valence-electron chi connectivity index (χ3n) is 7.80. The standard InChI is InChI=1S/C32H40N10O9.2ClH/c1-18-24(51-32(48)50-18)17-49-26(44)16-41-13-14-42(25(43)15-38-28(46)20-6-10-22(11-7-20)40-31(35)36)23(29(41)47)3-2-12-37-27(45)19-4-8-21(9-5-19)39-30(33)34;;/h4-11,18,23-24H,2-3,12-17H2,1H3,(H,37,45)(H,38,46)(H4,33,34,39)(H4,35,36,40);2*1H/t18?,23-,24?;;/m0../s1. The van der Waals surface area contributed by atoms with Crippen LogP contribution < -0.4 is 33.6 Å². The van der Waals surface area contributed by atoms with Crippen LogP contribution >= 0.6 is 24.8 Å². The summed E-state index contributed by atoms with van der Waals surface area (Å²) in [6, 6.07) is 11.3. The maximum atomic E-state index is 13.7. The lowest BCUT2D eigenvalue weighted by atomic mass is 10.0. The van der Waals surface area contributed by atoms with Gasteiger partial charge in [-0.1, -0.05) is 0 Å². The van der Waals surface area contributed by atoms with Gasteiger partial charge in [0, 0.05) is 30.8 Å². The van der Waals surface area contributed by atoms with Crippen molar-refractivity contribution in [2.45, 2.75) is 38.0 Å². The van der Waals surface area contributed by atoms with E-state index in [1.165, 1.54) is 34.1 Å². The number of cyclic esters (lactones) is 2. The van der Waals surface area contributed by atoms with Crippen LogP contribution in [-0.4, -0.2) is 115 Å². The molecule has 288 valence electrons. The molecule has 0 aliphatic carbocycles. The number of piperazine rings is 1. The summed E-state index contributed by atoms with van der Waals surface area (Å²) >= 11 is 0. The van der Waals surface area contributed by atoms with E-state index in [1.807, 2.05) is 0 Å². The zero-order valence-corrected chi connectivity index (χ0v) is 30.2. The number of hydrogen-bond donors (Lipinski definition) is 6. The average Bonchev–Trinajstić information content (AvgIpc) is 3.41. The zero-order valence-electron chi connectivity index (χ0n) is 28.6. The van der Waals surface area contributed by atoms with Gasteiger partial charge in [0.25, 0.3) is 11.8 Å². The lowest BCUT2D eigenvalue weighted by Gasteiger charge is -2.40. The van der Waals surface area contributed by atoms with Crippen LogP contribution in [0.2, 0.25) is 0 Å². The molecule has 53 heavy (non-hydrogen) atoms. The van der Waals surface area contributed by atoms with Crippen molar-refractivity contribution in [3.8, 4) is 0 Å². The van der Waals surface area contributed by atoms with Crippen molar-refractivity contribution < 1.29 is 43.0 Å². The minimum atomic E-state index is -1.00. The summed E-state index contributed by atoms with van der Waals surface area (Å²) in [4.78, 5) is 86.8. The van der Waals surface area contributed by atoms with Crippen molar-refractivity contribution in [3.05, 3.63) is 59.7 Å². The molecule has 4 rings (SSSR count). The molecule has 0 spiro atoms. The van der Waals surface area contributed by atoms with Gasteiger partial charge in [0.15, 0.2) is 18.0 Å². The van der Waals surface area contributed by atoms with Gasteiger partial charge in [-0.2, -0.15) is 0 Å². The molecule has 10 N–H and O–H groups in total. The molecule has 2 aromatic carbocycles. The highest BCUT2D eigenvalue weighted by molar-refractivity contribution is 5.98. The molecule has 21 heteroatoms. The number of nitrogens with one attached hydrogen (secondary N) is 2. The number of rotatable bonds is 14. The van der Waals surface area contributed by atoms with Crippen molar-refractivity contribution in [3.63, 3.8) is 0 Å². The molecule has 0 radical (unpaired) electrons. The second-order valence-corrected chi connectivity index (χ2v) is 11.5. The van der Waals surface area contributed by atoms with Gasteiger partial charge in [0.2, 0.25) is 11.8 Å². The van der Waals surface area contributed by atoms with Crippen molar-refractivity contribution in [2.75, 3.05) is 39.3 Å². The fourth-order valence-corrected chi connectivity index (χ4v) is 5.23. The molecule has 2 fully saturated rings. The molecule has 2 heterocycles. The molecule has 0 bridgehead atoms. The first-order valence-electron chi connectivity index (χ1n) is 15.9. The summed E-state index contributed by atoms with van der Waals surface area (Å²) in [5.74, 6) is -2.95. The lowest BCUT2D eigenvalue weighted by Crippen LogP contribution is -2.61. The fraction of sp³-hybridized carbons (Fsp3) is 0.375. The van der Waals surface area contributed by atoms with Crippen LogP contribution in [0.3, 0.4) is 0 Å². The molecule has 19 nitrogen and oxygen atoms in total. The van der Waals surface area contributed by atoms with Crippen molar-refractivity contribution in [2.24, 2.45) is 32.9 Å². The van der Waals surface area contributed by atoms with E-state index >= 15 is 0 Å². The Kier molecular flexibility index (Phi) is 16.6. The number of carbonyl (C=O) groups excluding carboxylic acids is 6. The smallest absolute Gasteiger partial charge is 0.460 e. The summed E-state index contributed by atoms with van der Waals surface area (Å²) in [7, 11) is 0. The Morgan fingerprint density at radius 1 is 0.830 bits per heavy atom. The molecule has 4 amide bonds. The van der Waals surface area contributed by atoms with Gasteiger partial charge in [0.1, 0.15) is 25.3 Å². The number of amides is 4. The summed E-state index contributed by atoms with van der Waals surface area (Å²) in [6.07, 6.45) is -1.84. The normalized spacial score (nSPS) is 17.5. The number of hydrogen-bond acceptors (Lipinski definition) is 11. The van der Waals surface area contributed by atoms with Gasteiger partial charge in [-0.15, -0.1) is 24.8 Å². The maximum absolute atomic E-state index is 13.7. The van der Waals surface area contributed by atoms with Crippen molar-refractivity contribution >= 4 is 83.9 Å². The van der Waals surface area contributed by atoms with Gasteiger partial charge in [-0.3, -0.25) is 24.0 Å². The van der Waals surface area contributed by atoms with Crippen LogP contribution in [0.1, 0.15) is 40.5 Å². The van der Waals surface area contributed by atoms with Crippen LogP contribution in [0.5, 0.6) is 0 Å². The molecule has 2 saturated heterocycles. The molecular weight excluding hydrogens is 739 g/mol. The Balaban J connectivity index is 0.00000486. The van der Waals surface area contributed by atoms with E-state index in [9.17, 15) is 28.8 Å². The number of nitrogens with zero attached hydrogens (tertiary/aromatic N) is 4. The summed E-state index contributed by atoms with van der Waals surface area (Å²) in [6.45, 7) is 0.754. The van der Waals surface area contributed by atoms with Gasteiger partial charge in [-0.25, -0.2) is 14.8 Å². The third-order valence-corrected chi connectivity index (χ3v) is 7.80. The number of esters is 1. The first-order chi connectivity index (χ1) is 24.3. The van der Waals surface area contributed by atoms with Gasteiger partial charge in [0.05, 0.1) is 17.9 Å². The molecule has 2 aliphatic heterocycles. The highest BCUT2D eigenvalue weighted by Crippen LogP contribution is 2.19. The van der Waals surface area contributed by atoms with E-state index in [-0.39, 0.29) is 87.3 Å². The molecular formula is C32H42Cl2N10O9. The number of guanidine groups is 2. The summed E-state index contributed by atoms with van der Waals surface area (Å²) in [5.41, 5.74) is 23.0. The third kappa shape index (κ3) is 12.7. The van der Waals surface area contributed by atoms with Gasteiger partial charge >= 0.3 is 12.1 Å². The van der Waals surface area contributed by atoms with Crippen LogP contribution in [0.4, 0.5) is 16.2 Å². The second-order valence-electron chi connectivity index (χ2n) is 11.5. The fourth-order valence-electron chi connectivity index (χ4n) is 5.23. The highest BCUT2D eigenvalue weighted by atomic mass is 35.5.